The molecule has 134 valence electrons. The Kier molecular flexibility index (Phi) is 5.52. The van der Waals surface area contributed by atoms with Crippen LogP contribution in [0.4, 0.5) is 5.69 Å². The number of sulfonamides is 1. The Morgan fingerprint density at radius 3 is 2.20 bits per heavy atom. The van der Waals surface area contributed by atoms with E-state index in [2.05, 4.69) is 23.0 Å². The van der Waals surface area contributed by atoms with E-state index in [4.69, 9.17) is 0 Å². The first-order chi connectivity index (χ1) is 11.6. The van der Waals surface area contributed by atoms with Gasteiger partial charge in [-0.25, -0.2) is 8.42 Å². The van der Waals surface area contributed by atoms with Gasteiger partial charge >= 0.3 is 0 Å². The monoisotopic (exact) mass is 360 g/mol. The van der Waals surface area contributed by atoms with E-state index < -0.39 is 10.0 Å². The van der Waals surface area contributed by atoms with Gasteiger partial charge in [0.05, 0.1) is 18.0 Å². The largest absolute Gasteiger partial charge is 0.346 e. The Morgan fingerprint density at radius 1 is 0.960 bits per heavy atom. The number of rotatable bonds is 5. The maximum absolute atomic E-state index is 12.5. The molecule has 0 aliphatic carbocycles. The summed E-state index contributed by atoms with van der Waals surface area (Å²) in [6, 6.07) is 10.9. The van der Waals surface area contributed by atoms with Gasteiger partial charge in [0.25, 0.3) is 5.91 Å². The number of aryl methyl sites for hydroxylation is 3. The summed E-state index contributed by atoms with van der Waals surface area (Å²) >= 11 is 0. The molecule has 2 aromatic carbocycles. The van der Waals surface area contributed by atoms with Crippen LogP contribution in [0.3, 0.4) is 0 Å². The van der Waals surface area contributed by atoms with Gasteiger partial charge in [-0.3, -0.25) is 9.52 Å². The van der Waals surface area contributed by atoms with Crippen molar-refractivity contribution in [2.75, 3.05) is 11.0 Å². The quantitative estimate of drug-likeness (QED) is 0.857. The summed E-state index contributed by atoms with van der Waals surface area (Å²) in [5.74, 6) is -0.195. The molecule has 5 nitrogen and oxygen atoms in total. The highest BCUT2D eigenvalue weighted by Gasteiger charge is 2.14. The molecule has 0 saturated carbocycles. The van der Waals surface area contributed by atoms with Crippen molar-refractivity contribution in [3.05, 3.63) is 64.2 Å². The number of nitrogens with one attached hydrogen (secondary N) is 2. The summed E-state index contributed by atoms with van der Waals surface area (Å²) in [7, 11) is -3.35. The van der Waals surface area contributed by atoms with Crippen LogP contribution in [-0.2, 0) is 10.0 Å². The molecule has 0 spiro atoms. The van der Waals surface area contributed by atoms with Crippen LogP contribution < -0.4 is 10.0 Å². The van der Waals surface area contributed by atoms with Crippen LogP contribution in [0.2, 0.25) is 0 Å². The van der Waals surface area contributed by atoms with E-state index in [1.165, 1.54) is 11.1 Å². The van der Waals surface area contributed by atoms with Crippen molar-refractivity contribution in [1.29, 1.82) is 0 Å². The summed E-state index contributed by atoms with van der Waals surface area (Å²) in [6.07, 6.45) is 1.10. The average molecular weight is 360 g/mol. The minimum absolute atomic E-state index is 0.124. The van der Waals surface area contributed by atoms with E-state index in [0.717, 1.165) is 11.8 Å². The molecule has 0 aliphatic rings. The smallest absolute Gasteiger partial charge is 0.251 e. The zero-order valence-electron chi connectivity index (χ0n) is 15.2. The normalized spacial score (nSPS) is 12.5. The Balaban J connectivity index is 2.15. The topological polar surface area (TPSA) is 75.3 Å². The number of carbonyl (C=O) groups excluding carboxylic acids is 1. The lowest BCUT2D eigenvalue weighted by atomic mass is 10.0. The van der Waals surface area contributed by atoms with Crippen molar-refractivity contribution >= 4 is 21.6 Å². The molecule has 0 heterocycles. The SMILES string of the molecule is Cc1ccc([C@@H](C)NC(=O)c2ccc(NS(C)(=O)=O)c(C)c2)cc1C. The lowest BCUT2D eigenvalue weighted by Gasteiger charge is -2.16. The standard InChI is InChI=1S/C19H24N2O3S/c1-12-6-7-16(10-13(12)2)15(4)20-19(22)17-8-9-18(14(3)11-17)21-25(5,23)24/h6-11,15,21H,1-5H3,(H,20,22)/t15-/m1/s1. The lowest BCUT2D eigenvalue weighted by molar-refractivity contribution is 0.0940. The van der Waals surface area contributed by atoms with Crippen molar-refractivity contribution < 1.29 is 13.2 Å². The molecule has 1 amide bonds. The van der Waals surface area contributed by atoms with Gasteiger partial charge in [0.15, 0.2) is 0 Å². The van der Waals surface area contributed by atoms with Gasteiger partial charge in [0.2, 0.25) is 10.0 Å². The van der Waals surface area contributed by atoms with Crippen LogP contribution in [0.25, 0.3) is 0 Å². The van der Waals surface area contributed by atoms with E-state index in [0.29, 0.717) is 16.8 Å². The molecular weight excluding hydrogens is 336 g/mol. The molecule has 25 heavy (non-hydrogen) atoms. The molecule has 0 aromatic heterocycles. The number of hydrogen-bond acceptors (Lipinski definition) is 3. The zero-order valence-corrected chi connectivity index (χ0v) is 16.0. The van der Waals surface area contributed by atoms with Crippen LogP contribution >= 0.6 is 0 Å². The van der Waals surface area contributed by atoms with Gasteiger partial charge in [-0.1, -0.05) is 18.2 Å². The van der Waals surface area contributed by atoms with E-state index in [1.807, 2.05) is 26.0 Å². The van der Waals surface area contributed by atoms with Gasteiger partial charge in [-0.15, -0.1) is 0 Å². The van der Waals surface area contributed by atoms with Crippen LogP contribution in [0.15, 0.2) is 36.4 Å². The van der Waals surface area contributed by atoms with E-state index >= 15 is 0 Å². The third kappa shape index (κ3) is 5.06. The van der Waals surface area contributed by atoms with Gasteiger partial charge in [-0.05, 0) is 68.1 Å². The third-order valence-electron chi connectivity index (χ3n) is 4.16. The Hall–Kier alpha value is -2.34. The van der Waals surface area contributed by atoms with E-state index in [-0.39, 0.29) is 11.9 Å². The number of anilines is 1. The van der Waals surface area contributed by atoms with Crippen LogP contribution in [0, 0.1) is 20.8 Å². The van der Waals surface area contributed by atoms with Gasteiger partial charge in [0.1, 0.15) is 0 Å². The van der Waals surface area contributed by atoms with Crippen molar-refractivity contribution in [1.82, 2.24) is 5.32 Å². The summed E-state index contributed by atoms with van der Waals surface area (Å²) in [5.41, 5.74) is 5.10. The molecule has 1 atom stereocenters. The average Bonchev–Trinajstić information content (AvgIpc) is 2.50. The van der Waals surface area contributed by atoms with E-state index in [1.54, 1.807) is 25.1 Å². The molecule has 2 aromatic rings. The second kappa shape index (κ2) is 7.27. The van der Waals surface area contributed by atoms with Crippen molar-refractivity contribution in [3.8, 4) is 0 Å². The maximum atomic E-state index is 12.5. The molecule has 0 fully saturated rings. The lowest BCUT2D eigenvalue weighted by Crippen LogP contribution is -2.26. The Labute approximate surface area is 149 Å². The Morgan fingerprint density at radius 2 is 1.64 bits per heavy atom. The van der Waals surface area contributed by atoms with Gasteiger partial charge in [-0.2, -0.15) is 0 Å². The van der Waals surface area contributed by atoms with Gasteiger partial charge < -0.3 is 5.32 Å². The molecular formula is C19H24N2O3S. The molecule has 0 bridgehead atoms. The molecule has 0 radical (unpaired) electrons. The van der Waals surface area contributed by atoms with Crippen molar-refractivity contribution in [2.45, 2.75) is 33.7 Å². The van der Waals surface area contributed by atoms with Gasteiger partial charge in [0, 0.05) is 5.56 Å². The van der Waals surface area contributed by atoms with Crippen LogP contribution in [-0.4, -0.2) is 20.6 Å². The molecule has 0 saturated heterocycles. The zero-order chi connectivity index (χ0) is 18.8. The fourth-order valence-corrected chi connectivity index (χ4v) is 3.14. The first-order valence-corrected chi connectivity index (χ1v) is 9.92. The number of carbonyl (C=O) groups is 1. The van der Waals surface area contributed by atoms with Crippen LogP contribution in [0.1, 0.15) is 45.6 Å². The summed E-state index contributed by atoms with van der Waals surface area (Å²) in [5, 5.41) is 2.98. The highest BCUT2D eigenvalue weighted by molar-refractivity contribution is 7.92. The second-order valence-electron chi connectivity index (χ2n) is 6.44. The highest BCUT2D eigenvalue weighted by atomic mass is 32.2. The molecule has 6 heteroatoms. The first kappa shape index (κ1) is 19.0. The summed E-state index contributed by atoms with van der Waals surface area (Å²) in [4.78, 5) is 12.5. The van der Waals surface area contributed by atoms with E-state index in [9.17, 15) is 13.2 Å². The first-order valence-electron chi connectivity index (χ1n) is 8.03. The van der Waals surface area contributed by atoms with Crippen LogP contribution in [0.5, 0.6) is 0 Å². The number of amides is 1. The predicted octanol–water partition coefficient (Wildman–Crippen LogP) is 3.47. The maximum Gasteiger partial charge on any atom is 0.251 e. The fourth-order valence-electron chi connectivity index (χ4n) is 2.52. The molecule has 2 N–H and O–H groups in total. The molecule has 0 unspecified atom stereocenters. The Bertz CT molecular complexity index is 905. The van der Waals surface area contributed by atoms with Crippen molar-refractivity contribution in [2.24, 2.45) is 0 Å². The summed E-state index contributed by atoms with van der Waals surface area (Å²) < 4.78 is 25.1. The molecule has 2 rings (SSSR count). The summed E-state index contributed by atoms with van der Waals surface area (Å²) in [6.45, 7) is 7.80. The minimum Gasteiger partial charge on any atom is -0.346 e. The fraction of sp³-hybridized carbons (Fsp3) is 0.316. The number of benzene rings is 2. The minimum atomic E-state index is -3.35. The molecule has 0 aliphatic heterocycles. The highest BCUT2D eigenvalue weighted by Crippen LogP contribution is 2.20. The number of hydrogen-bond donors (Lipinski definition) is 2. The predicted molar refractivity (Wildman–Crippen MR) is 101 cm³/mol. The second-order valence-corrected chi connectivity index (χ2v) is 8.19. The van der Waals surface area contributed by atoms with Crippen molar-refractivity contribution in [3.63, 3.8) is 0 Å². The third-order valence-corrected chi connectivity index (χ3v) is 4.75.